The highest BCUT2D eigenvalue weighted by molar-refractivity contribution is 6.31. The number of aryl methyl sites for hydroxylation is 1. The molecule has 0 unspecified atom stereocenters. The van der Waals surface area contributed by atoms with Crippen molar-refractivity contribution in [2.45, 2.75) is 13.8 Å². The first kappa shape index (κ1) is 20.3. The molecule has 1 amide bonds. The standard InChI is InChI=1S/C23H25ClN4O2/c1-16-22(17(2)28(25-16)19-7-5-4-6-8-19)26-11-13-27(14-12-26)23(29)20-15-18(24)9-10-21(20)30-3/h4-10,15H,11-14H2,1-3H3. The zero-order valence-corrected chi connectivity index (χ0v) is 18.2. The molecule has 0 bridgehead atoms. The van der Waals surface area contributed by atoms with Crippen molar-refractivity contribution in [1.82, 2.24) is 14.7 Å². The third kappa shape index (κ3) is 3.75. The number of hydrogen-bond donors (Lipinski definition) is 0. The molecule has 1 aliphatic heterocycles. The van der Waals surface area contributed by atoms with E-state index in [1.54, 1.807) is 25.3 Å². The van der Waals surface area contributed by atoms with Gasteiger partial charge in [0.2, 0.25) is 0 Å². The van der Waals surface area contributed by atoms with Gasteiger partial charge < -0.3 is 14.5 Å². The molecule has 1 fully saturated rings. The van der Waals surface area contributed by atoms with Crippen molar-refractivity contribution in [3.8, 4) is 11.4 Å². The Balaban J connectivity index is 1.51. The molecule has 0 atom stereocenters. The van der Waals surface area contributed by atoms with E-state index in [4.69, 9.17) is 21.4 Å². The fourth-order valence-corrected chi connectivity index (χ4v) is 4.24. The van der Waals surface area contributed by atoms with E-state index in [1.807, 2.05) is 34.7 Å². The van der Waals surface area contributed by atoms with Gasteiger partial charge in [0.25, 0.3) is 5.91 Å². The lowest BCUT2D eigenvalue weighted by Gasteiger charge is -2.36. The maximum absolute atomic E-state index is 13.1. The molecule has 156 valence electrons. The number of rotatable bonds is 4. The summed E-state index contributed by atoms with van der Waals surface area (Å²) < 4.78 is 7.34. The Hall–Kier alpha value is -2.99. The normalized spacial score (nSPS) is 14.1. The maximum Gasteiger partial charge on any atom is 0.257 e. The van der Waals surface area contributed by atoms with Gasteiger partial charge in [0.1, 0.15) is 5.75 Å². The Bertz CT molecular complexity index is 1060. The monoisotopic (exact) mass is 424 g/mol. The second-order valence-corrected chi connectivity index (χ2v) is 7.83. The van der Waals surface area contributed by atoms with Gasteiger partial charge in [-0.25, -0.2) is 4.68 Å². The lowest BCUT2D eigenvalue weighted by Crippen LogP contribution is -2.49. The molecule has 2 heterocycles. The van der Waals surface area contributed by atoms with E-state index in [9.17, 15) is 4.79 Å². The Morgan fingerprint density at radius 1 is 1.03 bits per heavy atom. The average Bonchev–Trinajstić information content (AvgIpc) is 3.08. The Kier molecular flexibility index (Phi) is 5.68. The van der Waals surface area contributed by atoms with E-state index in [-0.39, 0.29) is 5.91 Å². The number of anilines is 1. The van der Waals surface area contributed by atoms with Gasteiger partial charge in [-0.15, -0.1) is 0 Å². The van der Waals surface area contributed by atoms with E-state index >= 15 is 0 Å². The van der Waals surface area contributed by atoms with E-state index in [0.717, 1.165) is 35.9 Å². The largest absolute Gasteiger partial charge is 0.496 e. The molecule has 6 nitrogen and oxygen atoms in total. The van der Waals surface area contributed by atoms with Gasteiger partial charge in [0, 0.05) is 31.2 Å². The summed E-state index contributed by atoms with van der Waals surface area (Å²) >= 11 is 6.10. The molecular weight excluding hydrogens is 400 g/mol. The van der Waals surface area contributed by atoms with Crippen LogP contribution in [0.3, 0.4) is 0 Å². The molecule has 0 N–H and O–H groups in total. The van der Waals surface area contributed by atoms with Crippen LogP contribution in [0.15, 0.2) is 48.5 Å². The minimum Gasteiger partial charge on any atom is -0.496 e. The van der Waals surface area contributed by atoms with Gasteiger partial charge in [-0.2, -0.15) is 5.10 Å². The molecule has 1 saturated heterocycles. The van der Waals surface area contributed by atoms with Crippen LogP contribution in [0.5, 0.6) is 5.75 Å². The summed E-state index contributed by atoms with van der Waals surface area (Å²) in [5, 5.41) is 5.28. The number of carbonyl (C=O) groups excluding carboxylic acids is 1. The van der Waals surface area contributed by atoms with Crippen LogP contribution < -0.4 is 9.64 Å². The maximum atomic E-state index is 13.1. The van der Waals surface area contributed by atoms with Crippen LogP contribution >= 0.6 is 11.6 Å². The van der Waals surface area contributed by atoms with Crippen molar-refractivity contribution in [2.75, 3.05) is 38.2 Å². The number of aromatic nitrogens is 2. The van der Waals surface area contributed by atoms with Crippen LogP contribution in [0, 0.1) is 13.8 Å². The number of halogens is 1. The second-order valence-electron chi connectivity index (χ2n) is 7.39. The number of methoxy groups -OCH3 is 1. The number of nitrogens with zero attached hydrogens (tertiary/aromatic N) is 4. The quantitative estimate of drug-likeness (QED) is 0.632. The van der Waals surface area contributed by atoms with Crippen molar-refractivity contribution in [3.05, 3.63) is 70.5 Å². The number of hydrogen-bond acceptors (Lipinski definition) is 4. The summed E-state index contributed by atoms with van der Waals surface area (Å²) in [4.78, 5) is 17.2. The molecule has 7 heteroatoms. The number of amides is 1. The van der Waals surface area contributed by atoms with E-state index < -0.39 is 0 Å². The van der Waals surface area contributed by atoms with Crippen LogP contribution in [0.4, 0.5) is 5.69 Å². The van der Waals surface area contributed by atoms with E-state index in [0.29, 0.717) is 29.4 Å². The third-order valence-electron chi connectivity index (χ3n) is 5.53. The van der Waals surface area contributed by atoms with E-state index in [2.05, 4.69) is 24.0 Å². The molecule has 0 spiro atoms. The summed E-state index contributed by atoms with van der Waals surface area (Å²) in [5.74, 6) is 0.491. The summed E-state index contributed by atoms with van der Waals surface area (Å²) in [7, 11) is 1.56. The van der Waals surface area contributed by atoms with Gasteiger partial charge in [-0.1, -0.05) is 29.8 Å². The molecule has 1 aliphatic rings. The minimum absolute atomic E-state index is 0.0533. The van der Waals surface area contributed by atoms with Crippen LogP contribution in [0.2, 0.25) is 5.02 Å². The van der Waals surface area contributed by atoms with Gasteiger partial charge in [-0.3, -0.25) is 4.79 Å². The Labute approximate surface area is 181 Å². The number of carbonyl (C=O) groups is 1. The Morgan fingerprint density at radius 3 is 2.40 bits per heavy atom. The van der Waals surface area contributed by atoms with Crippen molar-refractivity contribution >= 4 is 23.2 Å². The topological polar surface area (TPSA) is 50.6 Å². The Morgan fingerprint density at radius 2 is 1.73 bits per heavy atom. The van der Waals surface area contributed by atoms with Crippen LogP contribution in [-0.2, 0) is 0 Å². The van der Waals surface area contributed by atoms with Gasteiger partial charge in [0.15, 0.2) is 0 Å². The van der Waals surface area contributed by atoms with Gasteiger partial charge in [-0.05, 0) is 44.2 Å². The summed E-state index contributed by atoms with van der Waals surface area (Å²) in [6.45, 7) is 6.88. The van der Waals surface area contributed by atoms with Crippen molar-refractivity contribution < 1.29 is 9.53 Å². The molecular formula is C23H25ClN4O2. The van der Waals surface area contributed by atoms with E-state index in [1.165, 1.54) is 0 Å². The molecule has 4 rings (SSSR count). The first-order valence-corrected chi connectivity index (χ1v) is 10.4. The van der Waals surface area contributed by atoms with Gasteiger partial charge >= 0.3 is 0 Å². The summed E-state index contributed by atoms with van der Waals surface area (Å²) in [5.41, 5.74) is 4.79. The molecule has 30 heavy (non-hydrogen) atoms. The SMILES string of the molecule is COc1ccc(Cl)cc1C(=O)N1CCN(c2c(C)nn(-c3ccccc3)c2C)CC1. The lowest BCUT2D eigenvalue weighted by molar-refractivity contribution is 0.0743. The molecule has 0 radical (unpaired) electrons. The number of piperazine rings is 1. The number of para-hydroxylation sites is 1. The zero-order chi connectivity index (χ0) is 21.3. The highest BCUT2D eigenvalue weighted by Crippen LogP contribution is 2.29. The van der Waals surface area contributed by atoms with Crippen molar-refractivity contribution in [2.24, 2.45) is 0 Å². The van der Waals surface area contributed by atoms with Crippen molar-refractivity contribution in [3.63, 3.8) is 0 Å². The summed E-state index contributed by atoms with van der Waals surface area (Å²) in [6, 6.07) is 15.3. The van der Waals surface area contributed by atoms with Crippen LogP contribution in [0.1, 0.15) is 21.7 Å². The first-order chi connectivity index (χ1) is 14.5. The minimum atomic E-state index is -0.0533. The lowest BCUT2D eigenvalue weighted by atomic mass is 10.1. The number of ether oxygens (including phenoxy) is 1. The molecule has 2 aromatic carbocycles. The second kappa shape index (κ2) is 8.40. The van der Waals surface area contributed by atoms with Crippen LogP contribution in [-0.4, -0.2) is 53.9 Å². The highest BCUT2D eigenvalue weighted by atomic mass is 35.5. The zero-order valence-electron chi connectivity index (χ0n) is 17.4. The first-order valence-electron chi connectivity index (χ1n) is 9.99. The highest BCUT2D eigenvalue weighted by Gasteiger charge is 2.27. The molecule has 0 aliphatic carbocycles. The fourth-order valence-electron chi connectivity index (χ4n) is 4.06. The van der Waals surface area contributed by atoms with Gasteiger partial charge in [0.05, 0.1) is 35.4 Å². The third-order valence-corrected chi connectivity index (χ3v) is 5.76. The van der Waals surface area contributed by atoms with Crippen LogP contribution in [0.25, 0.3) is 5.69 Å². The average molecular weight is 425 g/mol. The summed E-state index contributed by atoms with van der Waals surface area (Å²) in [6.07, 6.45) is 0. The predicted octanol–water partition coefficient (Wildman–Crippen LogP) is 4.11. The molecule has 1 aromatic heterocycles. The fraction of sp³-hybridized carbons (Fsp3) is 0.304. The smallest absolute Gasteiger partial charge is 0.257 e. The molecule has 3 aromatic rings. The molecule has 0 saturated carbocycles. The number of benzene rings is 2. The van der Waals surface area contributed by atoms with Crippen molar-refractivity contribution in [1.29, 1.82) is 0 Å². The predicted molar refractivity (Wildman–Crippen MR) is 119 cm³/mol.